The Morgan fingerprint density at radius 1 is 1.18 bits per heavy atom. The highest BCUT2D eigenvalue weighted by atomic mass is 32.2. The van der Waals surface area contributed by atoms with Crippen LogP contribution in [-0.2, 0) is 10.0 Å². The lowest BCUT2D eigenvalue weighted by Gasteiger charge is -2.36. The van der Waals surface area contributed by atoms with Crippen molar-refractivity contribution in [3.05, 3.63) is 59.0 Å². The first-order valence-corrected chi connectivity index (χ1v) is 11.1. The maximum Gasteiger partial charge on any atom is 0.274 e. The number of ether oxygens (including phenoxy) is 2. The first-order chi connectivity index (χ1) is 13.4. The van der Waals surface area contributed by atoms with Crippen molar-refractivity contribution in [2.24, 2.45) is 0 Å². The fourth-order valence-corrected chi connectivity index (χ4v) is 5.02. The van der Waals surface area contributed by atoms with Crippen LogP contribution in [0.4, 0.5) is 0 Å². The third-order valence-corrected chi connectivity index (χ3v) is 6.94. The molecule has 28 heavy (non-hydrogen) atoms. The number of hydrogen-bond donors (Lipinski definition) is 0. The monoisotopic (exact) mass is 416 g/mol. The Labute approximate surface area is 168 Å². The Hall–Kier alpha value is -2.42. The van der Waals surface area contributed by atoms with E-state index in [2.05, 4.69) is 4.98 Å². The molecule has 2 heterocycles. The Morgan fingerprint density at radius 3 is 2.64 bits per heavy atom. The van der Waals surface area contributed by atoms with Gasteiger partial charge in [0.1, 0.15) is 17.4 Å². The number of thiazole rings is 1. The molecule has 1 saturated heterocycles. The van der Waals surface area contributed by atoms with Crippen LogP contribution in [0.15, 0.2) is 47.9 Å². The molecule has 0 amide bonds. The lowest BCUT2D eigenvalue weighted by atomic mass is 10.2. The SMILES string of the molecule is COc1cccc2sc(OC3CN(S(=O)(=O)/C=C/c4ccc(C)cc4)C3)nc12. The molecule has 3 aromatic rings. The van der Waals surface area contributed by atoms with Crippen molar-refractivity contribution in [1.82, 2.24) is 9.29 Å². The van der Waals surface area contributed by atoms with Crippen molar-refractivity contribution in [1.29, 1.82) is 0 Å². The smallest absolute Gasteiger partial charge is 0.274 e. The molecule has 0 unspecified atom stereocenters. The summed E-state index contributed by atoms with van der Waals surface area (Å²) in [6, 6.07) is 13.4. The van der Waals surface area contributed by atoms with E-state index < -0.39 is 10.0 Å². The normalized spacial score (nSPS) is 15.8. The Bertz CT molecular complexity index is 1110. The highest BCUT2D eigenvalue weighted by molar-refractivity contribution is 7.92. The molecule has 0 radical (unpaired) electrons. The van der Waals surface area contributed by atoms with Crippen LogP contribution in [0.5, 0.6) is 10.9 Å². The van der Waals surface area contributed by atoms with Crippen molar-refractivity contribution in [2.75, 3.05) is 20.2 Å². The maximum absolute atomic E-state index is 12.4. The fourth-order valence-electron chi connectivity index (χ4n) is 2.87. The summed E-state index contributed by atoms with van der Waals surface area (Å²) in [6.45, 7) is 2.62. The lowest BCUT2D eigenvalue weighted by molar-refractivity contribution is 0.0770. The first kappa shape index (κ1) is 18.9. The van der Waals surface area contributed by atoms with Crippen LogP contribution < -0.4 is 9.47 Å². The minimum atomic E-state index is -3.46. The van der Waals surface area contributed by atoms with E-state index in [1.54, 1.807) is 13.2 Å². The molecule has 0 bridgehead atoms. The van der Waals surface area contributed by atoms with Gasteiger partial charge in [-0.15, -0.1) is 0 Å². The predicted octanol–water partition coefficient (Wildman–Crippen LogP) is 3.68. The van der Waals surface area contributed by atoms with Crippen molar-refractivity contribution >= 4 is 37.7 Å². The summed E-state index contributed by atoms with van der Waals surface area (Å²) in [5.41, 5.74) is 2.75. The minimum Gasteiger partial charge on any atom is -0.494 e. The zero-order chi connectivity index (χ0) is 19.7. The van der Waals surface area contributed by atoms with Crippen molar-refractivity contribution in [3.63, 3.8) is 0 Å². The summed E-state index contributed by atoms with van der Waals surface area (Å²) in [4.78, 5) is 4.46. The molecule has 0 N–H and O–H groups in total. The second kappa shape index (κ2) is 7.54. The highest BCUT2D eigenvalue weighted by Gasteiger charge is 2.36. The van der Waals surface area contributed by atoms with E-state index in [4.69, 9.17) is 9.47 Å². The summed E-state index contributed by atoms with van der Waals surface area (Å²) in [5, 5.41) is 1.77. The number of sulfonamides is 1. The molecular weight excluding hydrogens is 396 g/mol. The van der Waals surface area contributed by atoms with Crippen molar-refractivity contribution < 1.29 is 17.9 Å². The standard InChI is InChI=1S/C20H20N2O4S2/c1-14-6-8-15(9-7-14)10-11-28(23,24)22-12-16(13-22)26-20-21-19-17(25-2)4-3-5-18(19)27-20/h3-11,16H,12-13H2,1-2H3/b11-10+. The molecule has 0 saturated carbocycles. The second-order valence-electron chi connectivity index (χ2n) is 6.60. The zero-order valence-electron chi connectivity index (χ0n) is 15.5. The summed E-state index contributed by atoms with van der Waals surface area (Å²) in [7, 11) is -1.85. The van der Waals surface area contributed by atoms with E-state index in [1.807, 2.05) is 49.4 Å². The van der Waals surface area contributed by atoms with Gasteiger partial charge in [0.15, 0.2) is 0 Å². The van der Waals surface area contributed by atoms with Gasteiger partial charge in [-0.1, -0.05) is 47.2 Å². The number of methoxy groups -OCH3 is 1. The van der Waals surface area contributed by atoms with Crippen LogP contribution >= 0.6 is 11.3 Å². The van der Waals surface area contributed by atoms with Gasteiger partial charge in [-0.25, -0.2) is 8.42 Å². The molecule has 1 fully saturated rings. The van der Waals surface area contributed by atoms with E-state index >= 15 is 0 Å². The van der Waals surface area contributed by atoms with E-state index in [-0.39, 0.29) is 6.10 Å². The van der Waals surface area contributed by atoms with Crippen LogP contribution in [0.3, 0.4) is 0 Å². The van der Waals surface area contributed by atoms with E-state index in [9.17, 15) is 8.42 Å². The van der Waals surface area contributed by atoms with E-state index in [0.717, 1.165) is 21.3 Å². The molecule has 6 nitrogen and oxygen atoms in total. The molecule has 1 aliphatic heterocycles. The number of hydrogen-bond acceptors (Lipinski definition) is 6. The number of aryl methyl sites for hydroxylation is 1. The average Bonchev–Trinajstić information content (AvgIpc) is 3.06. The number of benzene rings is 2. The Balaban J connectivity index is 1.38. The molecule has 1 aliphatic rings. The van der Waals surface area contributed by atoms with Gasteiger partial charge >= 0.3 is 0 Å². The van der Waals surface area contributed by atoms with Crippen LogP contribution in [0.1, 0.15) is 11.1 Å². The molecule has 4 rings (SSSR count). The molecular formula is C20H20N2O4S2. The number of para-hydroxylation sites is 1. The summed E-state index contributed by atoms with van der Waals surface area (Å²) in [6.07, 6.45) is 1.41. The predicted molar refractivity (Wildman–Crippen MR) is 111 cm³/mol. The fraction of sp³-hybridized carbons (Fsp3) is 0.250. The quantitative estimate of drug-likeness (QED) is 0.613. The second-order valence-corrected chi connectivity index (χ2v) is 9.41. The molecule has 146 valence electrons. The zero-order valence-corrected chi connectivity index (χ0v) is 17.2. The van der Waals surface area contributed by atoms with Gasteiger partial charge in [0.2, 0.25) is 10.0 Å². The van der Waals surface area contributed by atoms with Gasteiger partial charge in [0.05, 0.1) is 24.9 Å². The van der Waals surface area contributed by atoms with Gasteiger partial charge in [0.25, 0.3) is 5.19 Å². The van der Waals surface area contributed by atoms with Gasteiger partial charge in [-0.05, 0) is 30.7 Å². The van der Waals surface area contributed by atoms with Gasteiger partial charge in [0, 0.05) is 5.41 Å². The molecule has 0 aliphatic carbocycles. The lowest BCUT2D eigenvalue weighted by Crippen LogP contribution is -2.55. The Morgan fingerprint density at radius 2 is 1.93 bits per heavy atom. The summed E-state index contributed by atoms with van der Waals surface area (Å²) < 4.78 is 38.4. The van der Waals surface area contributed by atoms with Gasteiger partial charge in [-0.2, -0.15) is 9.29 Å². The van der Waals surface area contributed by atoms with Gasteiger partial charge < -0.3 is 9.47 Å². The third kappa shape index (κ3) is 3.89. The summed E-state index contributed by atoms with van der Waals surface area (Å²) in [5.74, 6) is 0.697. The van der Waals surface area contributed by atoms with E-state index in [0.29, 0.717) is 24.0 Å². The average molecular weight is 417 g/mol. The largest absolute Gasteiger partial charge is 0.494 e. The molecule has 0 spiro atoms. The van der Waals surface area contributed by atoms with Crippen LogP contribution in [-0.4, -0.2) is 44.0 Å². The van der Waals surface area contributed by atoms with Gasteiger partial charge in [-0.3, -0.25) is 0 Å². The highest BCUT2D eigenvalue weighted by Crippen LogP contribution is 2.34. The van der Waals surface area contributed by atoms with Crippen LogP contribution in [0.2, 0.25) is 0 Å². The van der Waals surface area contributed by atoms with Crippen molar-refractivity contribution in [3.8, 4) is 10.9 Å². The molecule has 0 atom stereocenters. The van der Waals surface area contributed by atoms with Crippen molar-refractivity contribution in [2.45, 2.75) is 13.0 Å². The number of rotatable bonds is 6. The molecule has 8 heteroatoms. The third-order valence-electron chi connectivity index (χ3n) is 4.53. The number of aromatic nitrogens is 1. The van der Waals surface area contributed by atoms with Crippen LogP contribution in [0, 0.1) is 6.92 Å². The maximum atomic E-state index is 12.4. The van der Waals surface area contributed by atoms with E-state index in [1.165, 1.54) is 21.1 Å². The Kier molecular flexibility index (Phi) is 5.09. The molecule has 2 aromatic carbocycles. The number of nitrogens with zero attached hydrogens (tertiary/aromatic N) is 2. The summed E-state index contributed by atoms with van der Waals surface area (Å²) >= 11 is 1.43. The van der Waals surface area contributed by atoms with Crippen LogP contribution in [0.25, 0.3) is 16.3 Å². The number of fused-ring (bicyclic) bond motifs is 1. The molecule has 1 aromatic heterocycles. The first-order valence-electron chi connectivity index (χ1n) is 8.80. The topological polar surface area (TPSA) is 68.7 Å². The minimum absolute atomic E-state index is 0.200.